The van der Waals surface area contributed by atoms with Crippen molar-refractivity contribution in [1.82, 2.24) is 5.32 Å². The van der Waals surface area contributed by atoms with Crippen LogP contribution in [0.2, 0.25) is 0 Å². The molecule has 1 aliphatic rings. The number of hydrogen-bond acceptors (Lipinski definition) is 3. The van der Waals surface area contributed by atoms with Gasteiger partial charge in [-0.05, 0) is 18.4 Å². The van der Waals surface area contributed by atoms with Crippen LogP contribution in [0.4, 0.5) is 0 Å². The summed E-state index contributed by atoms with van der Waals surface area (Å²) in [6, 6.07) is 8.00. The fourth-order valence-corrected chi connectivity index (χ4v) is 2.63. The monoisotopic (exact) mass is 290 g/mol. The molecule has 112 valence electrons. The second-order valence-electron chi connectivity index (χ2n) is 5.34. The van der Waals surface area contributed by atoms with Gasteiger partial charge >= 0.3 is 5.97 Å². The van der Waals surface area contributed by atoms with E-state index in [2.05, 4.69) is 5.32 Å². The standard InChI is InChI=1S/C15H18N2O4/c16-12(18)9-11(13(19)20)17-14(21)15(7-4-8-15)10-5-2-1-3-6-10/h1-3,5-6,11H,4,7-9H2,(H2,16,18)(H,17,21)(H,19,20). The molecule has 4 N–H and O–H groups in total. The summed E-state index contributed by atoms with van der Waals surface area (Å²) in [6.45, 7) is 0. The van der Waals surface area contributed by atoms with Crippen molar-refractivity contribution < 1.29 is 19.5 Å². The summed E-state index contributed by atoms with van der Waals surface area (Å²) in [7, 11) is 0. The Morgan fingerprint density at radius 3 is 2.29 bits per heavy atom. The molecule has 1 saturated carbocycles. The van der Waals surface area contributed by atoms with Crippen molar-refractivity contribution in [1.29, 1.82) is 0 Å². The largest absolute Gasteiger partial charge is 0.480 e. The predicted octanol–water partition coefficient (Wildman–Crippen LogP) is 0.553. The summed E-state index contributed by atoms with van der Waals surface area (Å²) < 4.78 is 0. The second kappa shape index (κ2) is 5.95. The minimum absolute atomic E-state index is 0.353. The van der Waals surface area contributed by atoms with Crippen molar-refractivity contribution in [2.45, 2.75) is 37.1 Å². The number of primary amides is 1. The van der Waals surface area contributed by atoms with E-state index in [0.717, 1.165) is 12.0 Å². The molecule has 1 aliphatic carbocycles. The lowest BCUT2D eigenvalue weighted by atomic mass is 9.63. The van der Waals surface area contributed by atoms with Crippen LogP contribution in [0.15, 0.2) is 30.3 Å². The van der Waals surface area contributed by atoms with Gasteiger partial charge in [0.25, 0.3) is 0 Å². The molecular formula is C15H18N2O4. The Kier molecular flexibility index (Phi) is 4.26. The van der Waals surface area contributed by atoms with Gasteiger partial charge in [-0.3, -0.25) is 9.59 Å². The van der Waals surface area contributed by atoms with E-state index in [-0.39, 0.29) is 5.91 Å². The first-order valence-corrected chi connectivity index (χ1v) is 6.83. The topological polar surface area (TPSA) is 109 Å². The number of carboxylic acid groups (broad SMARTS) is 1. The first kappa shape index (κ1) is 15.0. The Morgan fingerprint density at radius 1 is 1.24 bits per heavy atom. The van der Waals surface area contributed by atoms with Crippen molar-refractivity contribution in [2.75, 3.05) is 0 Å². The van der Waals surface area contributed by atoms with Gasteiger partial charge in [-0.1, -0.05) is 36.8 Å². The van der Waals surface area contributed by atoms with Crippen molar-refractivity contribution in [2.24, 2.45) is 5.73 Å². The molecule has 2 amide bonds. The van der Waals surface area contributed by atoms with E-state index in [0.29, 0.717) is 12.8 Å². The van der Waals surface area contributed by atoms with Crippen molar-refractivity contribution in [3.63, 3.8) is 0 Å². The van der Waals surface area contributed by atoms with Crippen LogP contribution in [0, 0.1) is 0 Å². The SMILES string of the molecule is NC(=O)CC(NC(=O)C1(c2ccccc2)CCC1)C(=O)O. The van der Waals surface area contributed by atoms with Gasteiger partial charge < -0.3 is 16.2 Å². The van der Waals surface area contributed by atoms with Crippen molar-refractivity contribution in [3.05, 3.63) is 35.9 Å². The average molecular weight is 290 g/mol. The molecule has 1 unspecified atom stereocenters. The van der Waals surface area contributed by atoms with Gasteiger partial charge in [0.1, 0.15) is 6.04 Å². The summed E-state index contributed by atoms with van der Waals surface area (Å²) in [5.41, 5.74) is 5.20. The fourth-order valence-electron chi connectivity index (χ4n) is 2.63. The Balaban J connectivity index is 2.17. The normalized spacial score (nSPS) is 17.3. The van der Waals surface area contributed by atoms with Gasteiger partial charge in [-0.2, -0.15) is 0 Å². The third-order valence-corrected chi connectivity index (χ3v) is 3.98. The quantitative estimate of drug-likeness (QED) is 0.710. The maximum atomic E-state index is 12.5. The maximum absolute atomic E-state index is 12.5. The molecule has 0 saturated heterocycles. The maximum Gasteiger partial charge on any atom is 0.326 e. The van der Waals surface area contributed by atoms with Gasteiger partial charge in [0.05, 0.1) is 11.8 Å². The van der Waals surface area contributed by atoms with Gasteiger partial charge in [0, 0.05) is 0 Å². The number of benzene rings is 1. The van der Waals surface area contributed by atoms with E-state index in [4.69, 9.17) is 10.8 Å². The van der Waals surface area contributed by atoms with E-state index in [1.165, 1.54) is 0 Å². The summed E-state index contributed by atoms with van der Waals surface area (Å²) in [6.07, 6.45) is 1.85. The summed E-state index contributed by atoms with van der Waals surface area (Å²) in [4.78, 5) is 34.5. The molecule has 0 aromatic heterocycles. The number of rotatable bonds is 6. The number of aliphatic carboxylic acids is 1. The third-order valence-electron chi connectivity index (χ3n) is 3.98. The van der Waals surface area contributed by atoms with Crippen LogP contribution >= 0.6 is 0 Å². The lowest BCUT2D eigenvalue weighted by molar-refractivity contribution is -0.145. The Labute approximate surface area is 122 Å². The van der Waals surface area contributed by atoms with Crippen LogP contribution in [-0.4, -0.2) is 28.9 Å². The van der Waals surface area contributed by atoms with E-state index < -0.39 is 29.8 Å². The molecule has 1 fully saturated rings. The molecule has 1 atom stereocenters. The lowest BCUT2D eigenvalue weighted by Crippen LogP contribution is -2.54. The minimum Gasteiger partial charge on any atom is -0.480 e. The molecule has 6 nitrogen and oxygen atoms in total. The summed E-state index contributed by atoms with van der Waals surface area (Å²) in [5.74, 6) is -2.37. The molecule has 1 aromatic rings. The Bertz CT molecular complexity index is 552. The smallest absolute Gasteiger partial charge is 0.326 e. The van der Waals surface area contributed by atoms with Gasteiger partial charge in [0.15, 0.2) is 0 Å². The highest BCUT2D eigenvalue weighted by molar-refractivity contribution is 5.93. The van der Waals surface area contributed by atoms with Gasteiger partial charge in [-0.25, -0.2) is 4.79 Å². The molecular weight excluding hydrogens is 272 g/mol. The molecule has 0 radical (unpaired) electrons. The molecule has 1 aromatic carbocycles. The average Bonchev–Trinajstić information content (AvgIpc) is 2.37. The van der Waals surface area contributed by atoms with E-state index in [9.17, 15) is 14.4 Å². The number of amides is 2. The number of carbonyl (C=O) groups excluding carboxylic acids is 2. The second-order valence-corrected chi connectivity index (χ2v) is 5.34. The molecule has 0 heterocycles. The van der Waals surface area contributed by atoms with Crippen molar-refractivity contribution >= 4 is 17.8 Å². The first-order chi connectivity index (χ1) is 9.95. The highest BCUT2D eigenvalue weighted by atomic mass is 16.4. The minimum atomic E-state index is -1.28. The zero-order valence-corrected chi connectivity index (χ0v) is 11.5. The van der Waals surface area contributed by atoms with Crippen LogP contribution in [-0.2, 0) is 19.8 Å². The fraction of sp³-hybridized carbons (Fsp3) is 0.400. The third kappa shape index (κ3) is 3.04. The first-order valence-electron chi connectivity index (χ1n) is 6.83. The van der Waals surface area contributed by atoms with Gasteiger partial charge in [-0.15, -0.1) is 0 Å². The number of nitrogens with one attached hydrogen (secondary N) is 1. The van der Waals surface area contributed by atoms with Crippen LogP contribution < -0.4 is 11.1 Å². The number of nitrogens with two attached hydrogens (primary N) is 1. The Hall–Kier alpha value is -2.37. The van der Waals surface area contributed by atoms with Crippen LogP contribution in [0.3, 0.4) is 0 Å². The molecule has 0 aliphatic heterocycles. The summed E-state index contributed by atoms with van der Waals surface area (Å²) >= 11 is 0. The van der Waals surface area contributed by atoms with Crippen LogP contribution in [0.25, 0.3) is 0 Å². The lowest BCUT2D eigenvalue weighted by Gasteiger charge is -2.41. The molecule has 0 bridgehead atoms. The van der Waals surface area contributed by atoms with Crippen LogP contribution in [0.5, 0.6) is 0 Å². The highest BCUT2D eigenvalue weighted by Crippen LogP contribution is 2.43. The highest BCUT2D eigenvalue weighted by Gasteiger charge is 2.46. The van der Waals surface area contributed by atoms with Crippen molar-refractivity contribution in [3.8, 4) is 0 Å². The number of hydrogen-bond donors (Lipinski definition) is 3. The van der Waals surface area contributed by atoms with E-state index in [1.54, 1.807) is 0 Å². The molecule has 21 heavy (non-hydrogen) atoms. The van der Waals surface area contributed by atoms with Crippen LogP contribution in [0.1, 0.15) is 31.2 Å². The zero-order valence-electron chi connectivity index (χ0n) is 11.5. The molecule has 6 heteroatoms. The molecule has 2 rings (SSSR count). The number of carbonyl (C=O) groups is 3. The molecule has 0 spiro atoms. The predicted molar refractivity (Wildman–Crippen MR) is 75.3 cm³/mol. The number of carboxylic acids is 1. The zero-order chi connectivity index (χ0) is 15.5. The van der Waals surface area contributed by atoms with Gasteiger partial charge in [0.2, 0.25) is 11.8 Å². The van der Waals surface area contributed by atoms with E-state index in [1.807, 2.05) is 30.3 Å². The Morgan fingerprint density at radius 2 is 1.86 bits per heavy atom. The van der Waals surface area contributed by atoms with E-state index >= 15 is 0 Å². The summed E-state index contributed by atoms with van der Waals surface area (Å²) in [5, 5.41) is 11.5.